The van der Waals surface area contributed by atoms with Gasteiger partial charge in [-0.2, -0.15) is 10.5 Å². The van der Waals surface area contributed by atoms with Crippen molar-refractivity contribution in [1.29, 1.82) is 10.5 Å². The number of thioether (sulfide) groups is 1. The molecule has 5 nitrogen and oxygen atoms in total. The molecule has 0 radical (unpaired) electrons. The number of carbonyl (C=O) groups excluding carboxylic acids is 1. The van der Waals surface area contributed by atoms with Gasteiger partial charge in [-0.1, -0.05) is 0 Å². The summed E-state index contributed by atoms with van der Waals surface area (Å²) in [6, 6.07) is 9.18. The molecule has 6 heteroatoms. The van der Waals surface area contributed by atoms with Crippen LogP contribution in [0.5, 0.6) is 0 Å². The molecule has 1 N–H and O–H groups in total. The van der Waals surface area contributed by atoms with Gasteiger partial charge in [0.15, 0.2) is 0 Å². The fraction of sp³-hybridized carbons (Fsp3) is 0.312. The maximum absolute atomic E-state index is 12.2. The molecule has 0 aromatic heterocycles. The number of nitrogens with one attached hydrogen (secondary N) is 1. The molecule has 22 heavy (non-hydrogen) atoms. The van der Waals surface area contributed by atoms with Gasteiger partial charge in [0.25, 0.3) is 5.91 Å². The van der Waals surface area contributed by atoms with Crippen LogP contribution in [-0.2, 0) is 4.79 Å². The van der Waals surface area contributed by atoms with Gasteiger partial charge in [-0.05, 0) is 55.3 Å². The van der Waals surface area contributed by atoms with Crippen LogP contribution in [0.1, 0.15) is 19.3 Å². The first-order valence-corrected chi connectivity index (χ1v) is 7.88. The van der Waals surface area contributed by atoms with Crippen LogP contribution < -0.4 is 5.32 Å². The molecule has 1 saturated heterocycles. The molecule has 0 spiro atoms. The molecule has 1 aromatic carbocycles. The lowest BCUT2D eigenvalue weighted by molar-refractivity contribution is -0.127. The van der Waals surface area contributed by atoms with Crippen LogP contribution in [0, 0.1) is 22.0 Å². The third kappa shape index (κ3) is 4.28. The Balaban J connectivity index is 2.01. The summed E-state index contributed by atoms with van der Waals surface area (Å²) < 4.78 is 0. The lowest BCUT2D eigenvalue weighted by Crippen LogP contribution is -2.36. The van der Waals surface area contributed by atoms with Crippen LogP contribution in [0.2, 0.25) is 0 Å². The van der Waals surface area contributed by atoms with E-state index in [1.807, 2.05) is 23.6 Å². The van der Waals surface area contributed by atoms with Gasteiger partial charge < -0.3 is 10.2 Å². The van der Waals surface area contributed by atoms with E-state index in [4.69, 9.17) is 5.26 Å². The minimum Gasteiger partial charge on any atom is -0.360 e. The summed E-state index contributed by atoms with van der Waals surface area (Å²) in [5.74, 6) is -0.216. The number of hydrogen-bond acceptors (Lipinski definition) is 5. The van der Waals surface area contributed by atoms with Crippen molar-refractivity contribution in [2.75, 3.05) is 18.4 Å². The normalized spacial score (nSPS) is 14.8. The number of anilines is 1. The molecule has 112 valence electrons. The van der Waals surface area contributed by atoms with Crippen molar-refractivity contribution in [3.63, 3.8) is 0 Å². The molecule has 1 aromatic rings. The largest absolute Gasteiger partial charge is 0.360 e. The zero-order valence-corrected chi connectivity index (χ0v) is 12.9. The monoisotopic (exact) mass is 312 g/mol. The number of benzene rings is 1. The van der Waals surface area contributed by atoms with Crippen molar-refractivity contribution in [2.45, 2.75) is 24.2 Å². The fourth-order valence-electron chi connectivity index (χ4n) is 2.24. The number of thiocyanates is 1. The van der Waals surface area contributed by atoms with Crippen molar-refractivity contribution in [2.24, 2.45) is 0 Å². The van der Waals surface area contributed by atoms with E-state index in [1.165, 1.54) is 6.20 Å². The molecular weight excluding hydrogens is 296 g/mol. The van der Waals surface area contributed by atoms with Crippen LogP contribution in [0.3, 0.4) is 0 Å². The number of nitrogens with zero attached hydrogens (tertiary/aromatic N) is 3. The Morgan fingerprint density at radius 1 is 1.18 bits per heavy atom. The van der Waals surface area contributed by atoms with Crippen molar-refractivity contribution >= 4 is 23.4 Å². The first-order valence-electron chi connectivity index (χ1n) is 7.06. The maximum Gasteiger partial charge on any atom is 0.266 e. The smallest absolute Gasteiger partial charge is 0.266 e. The number of carbonyl (C=O) groups is 1. The molecule has 2 rings (SSSR count). The number of amides is 1. The molecule has 0 unspecified atom stereocenters. The molecule has 0 bridgehead atoms. The number of nitriles is 2. The van der Waals surface area contributed by atoms with E-state index >= 15 is 0 Å². The average Bonchev–Trinajstić information content (AvgIpc) is 2.58. The van der Waals surface area contributed by atoms with E-state index in [1.54, 1.807) is 17.0 Å². The molecule has 1 amide bonds. The lowest BCUT2D eigenvalue weighted by Gasteiger charge is -2.26. The number of piperidine rings is 1. The Kier molecular flexibility index (Phi) is 5.88. The summed E-state index contributed by atoms with van der Waals surface area (Å²) in [5, 5.41) is 22.7. The van der Waals surface area contributed by atoms with E-state index in [-0.39, 0.29) is 11.5 Å². The predicted octanol–water partition coefficient (Wildman–Crippen LogP) is 3.09. The molecule has 0 aliphatic carbocycles. The molecule has 1 heterocycles. The molecular formula is C16H16N4OS. The van der Waals surface area contributed by atoms with E-state index in [0.29, 0.717) is 0 Å². The third-order valence-corrected chi connectivity index (χ3v) is 3.99. The highest BCUT2D eigenvalue weighted by molar-refractivity contribution is 8.03. The van der Waals surface area contributed by atoms with Gasteiger partial charge in [-0.25, -0.2) is 0 Å². The van der Waals surface area contributed by atoms with Gasteiger partial charge in [0.2, 0.25) is 0 Å². The molecule has 0 saturated carbocycles. The minimum absolute atomic E-state index is 0.109. The summed E-state index contributed by atoms with van der Waals surface area (Å²) in [6.07, 6.45) is 4.58. The second kappa shape index (κ2) is 8.11. The van der Waals surface area contributed by atoms with Crippen molar-refractivity contribution in [3.05, 3.63) is 36.0 Å². The highest BCUT2D eigenvalue weighted by Gasteiger charge is 2.20. The standard InChI is InChI=1S/C16H16N4OS/c17-10-13(16(21)20-8-2-1-3-9-20)11-19-14-4-6-15(7-5-14)22-12-18/h4-7,11,19H,1-3,8-9H2/b13-11-. The zero-order chi connectivity index (χ0) is 15.8. The summed E-state index contributed by atoms with van der Waals surface area (Å²) in [4.78, 5) is 14.8. The van der Waals surface area contributed by atoms with E-state index < -0.39 is 0 Å². The highest BCUT2D eigenvalue weighted by Crippen LogP contribution is 2.19. The molecule has 1 aliphatic heterocycles. The quantitative estimate of drug-likeness (QED) is 0.400. The van der Waals surface area contributed by atoms with Gasteiger partial charge in [0.1, 0.15) is 17.0 Å². The van der Waals surface area contributed by atoms with Crippen LogP contribution >= 0.6 is 11.8 Å². The maximum atomic E-state index is 12.2. The van der Waals surface area contributed by atoms with Crippen molar-refractivity contribution < 1.29 is 4.79 Å². The molecule has 0 atom stereocenters. The van der Waals surface area contributed by atoms with Gasteiger partial charge in [-0.3, -0.25) is 4.79 Å². The van der Waals surface area contributed by atoms with Gasteiger partial charge in [0, 0.05) is 29.9 Å². The lowest BCUT2D eigenvalue weighted by atomic mass is 10.1. The van der Waals surface area contributed by atoms with Crippen molar-refractivity contribution in [3.8, 4) is 11.5 Å². The SMILES string of the molecule is N#CSc1ccc(N/C=C(/C#N)C(=O)N2CCCCC2)cc1. The first-order chi connectivity index (χ1) is 10.7. The van der Waals surface area contributed by atoms with Crippen LogP contribution in [-0.4, -0.2) is 23.9 Å². The van der Waals surface area contributed by atoms with Gasteiger partial charge in [-0.15, -0.1) is 0 Å². The number of rotatable bonds is 4. The second-order valence-corrected chi connectivity index (χ2v) is 5.74. The summed E-state index contributed by atoms with van der Waals surface area (Å²) in [5.41, 5.74) is 0.874. The van der Waals surface area contributed by atoms with E-state index in [2.05, 4.69) is 5.32 Å². The Hall–Kier alpha value is -2.44. The molecule has 1 aliphatic rings. The number of hydrogen-bond donors (Lipinski definition) is 1. The van der Waals surface area contributed by atoms with Crippen LogP contribution in [0.4, 0.5) is 5.69 Å². The Bertz CT molecular complexity index is 634. The fourth-order valence-corrected chi connectivity index (χ4v) is 2.61. The van der Waals surface area contributed by atoms with E-state index in [0.717, 1.165) is 54.7 Å². The highest BCUT2D eigenvalue weighted by atomic mass is 32.2. The van der Waals surface area contributed by atoms with Gasteiger partial charge in [0.05, 0.1) is 0 Å². The number of likely N-dealkylation sites (tertiary alicyclic amines) is 1. The van der Waals surface area contributed by atoms with Gasteiger partial charge >= 0.3 is 0 Å². The third-order valence-electron chi connectivity index (χ3n) is 3.40. The van der Waals surface area contributed by atoms with Crippen LogP contribution in [0.15, 0.2) is 40.9 Å². The minimum atomic E-state index is -0.216. The summed E-state index contributed by atoms with van der Waals surface area (Å²) in [7, 11) is 0. The zero-order valence-electron chi connectivity index (χ0n) is 12.1. The first kappa shape index (κ1) is 15.9. The van der Waals surface area contributed by atoms with Crippen LogP contribution in [0.25, 0.3) is 0 Å². The summed E-state index contributed by atoms with van der Waals surface area (Å²) in [6.45, 7) is 1.44. The Morgan fingerprint density at radius 3 is 2.45 bits per heavy atom. The van der Waals surface area contributed by atoms with Crippen molar-refractivity contribution in [1.82, 2.24) is 4.90 Å². The topological polar surface area (TPSA) is 79.9 Å². The Morgan fingerprint density at radius 2 is 1.86 bits per heavy atom. The average molecular weight is 312 g/mol. The predicted molar refractivity (Wildman–Crippen MR) is 85.7 cm³/mol. The Labute approximate surface area is 134 Å². The second-order valence-electron chi connectivity index (χ2n) is 4.88. The van der Waals surface area contributed by atoms with E-state index in [9.17, 15) is 10.1 Å². The molecule has 1 fully saturated rings. The summed E-state index contributed by atoms with van der Waals surface area (Å²) >= 11 is 1.09.